The van der Waals surface area contributed by atoms with Gasteiger partial charge < -0.3 is 5.32 Å². The second-order valence-corrected chi connectivity index (χ2v) is 6.00. The van der Waals surface area contributed by atoms with Gasteiger partial charge in [-0.15, -0.1) is 0 Å². The van der Waals surface area contributed by atoms with Gasteiger partial charge in [0.2, 0.25) is 0 Å². The molecule has 4 nitrogen and oxygen atoms in total. The van der Waals surface area contributed by atoms with Gasteiger partial charge in [-0.1, -0.05) is 23.2 Å². The Morgan fingerprint density at radius 1 is 1.05 bits per heavy atom. The quantitative estimate of drug-likeness (QED) is 0.765. The van der Waals surface area contributed by atoms with Gasteiger partial charge in [0.1, 0.15) is 5.82 Å². The molecule has 6 heteroatoms. The van der Waals surface area contributed by atoms with Gasteiger partial charge in [0.05, 0.1) is 11.4 Å². The van der Waals surface area contributed by atoms with E-state index in [0.29, 0.717) is 10.0 Å². The molecule has 0 aliphatic carbocycles. The summed E-state index contributed by atoms with van der Waals surface area (Å²) >= 11 is 12.2. The number of nitrogens with one attached hydrogen (secondary N) is 1. The average molecular weight is 331 g/mol. The zero-order chi connectivity index (χ0) is 15.1. The molecule has 0 radical (unpaired) electrons. The van der Waals surface area contributed by atoms with Gasteiger partial charge in [-0.05, 0) is 36.8 Å². The molecule has 3 heterocycles. The highest BCUT2D eigenvalue weighted by Gasteiger charge is 2.24. The SMILES string of the molecule is Clc1cc(Cl)cc(-n2nc(-c3ccncc3)c3c2NCC3)c1. The van der Waals surface area contributed by atoms with E-state index < -0.39 is 0 Å². The number of hydrogen-bond acceptors (Lipinski definition) is 3. The van der Waals surface area contributed by atoms with E-state index in [1.807, 2.05) is 28.9 Å². The summed E-state index contributed by atoms with van der Waals surface area (Å²) in [6.45, 7) is 0.902. The molecule has 1 aliphatic rings. The van der Waals surface area contributed by atoms with Crippen molar-refractivity contribution in [1.29, 1.82) is 0 Å². The predicted octanol–water partition coefficient (Wildman–Crippen LogP) is 4.21. The van der Waals surface area contributed by atoms with Crippen molar-refractivity contribution in [3.8, 4) is 16.9 Å². The van der Waals surface area contributed by atoms with E-state index in [4.69, 9.17) is 28.3 Å². The molecule has 1 N–H and O–H groups in total. The van der Waals surface area contributed by atoms with Gasteiger partial charge in [0.25, 0.3) is 0 Å². The molecule has 0 fully saturated rings. The van der Waals surface area contributed by atoms with Crippen LogP contribution in [0.4, 0.5) is 5.82 Å². The first kappa shape index (κ1) is 13.6. The van der Waals surface area contributed by atoms with Gasteiger partial charge in [0, 0.05) is 40.1 Å². The molecule has 1 aromatic carbocycles. The molecule has 0 saturated heterocycles. The van der Waals surface area contributed by atoms with Gasteiger partial charge in [-0.25, -0.2) is 4.68 Å². The Morgan fingerprint density at radius 2 is 1.77 bits per heavy atom. The molecule has 110 valence electrons. The average Bonchev–Trinajstić information content (AvgIpc) is 3.08. The molecule has 0 saturated carbocycles. The zero-order valence-electron chi connectivity index (χ0n) is 11.6. The Bertz CT molecular complexity index is 823. The molecule has 0 spiro atoms. The Morgan fingerprint density at radius 3 is 2.50 bits per heavy atom. The Hall–Kier alpha value is -2.04. The van der Waals surface area contributed by atoms with Crippen LogP contribution < -0.4 is 5.32 Å². The predicted molar refractivity (Wildman–Crippen MR) is 89.0 cm³/mol. The zero-order valence-corrected chi connectivity index (χ0v) is 13.1. The van der Waals surface area contributed by atoms with Crippen molar-refractivity contribution in [3.05, 3.63) is 58.3 Å². The highest BCUT2D eigenvalue weighted by atomic mass is 35.5. The minimum absolute atomic E-state index is 0.593. The van der Waals surface area contributed by atoms with E-state index in [1.54, 1.807) is 18.5 Å². The van der Waals surface area contributed by atoms with Crippen LogP contribution in [0.15, 0.2) is 42.7 Å². The number of aromatic nitrogens is 3. The molecule has 4 rings (SSSR count). The molecular weight excluding hydrogens is 319 g/mol. The van der Waals surface area contributed by atoms with Crippen molar-refractivity contribution in [2.24, 2.45) is 0 Å². The second kappa shape index (κ2) is 5.30. The molecule has 3 aromatic rings. The first-order valence-electron chi connectivity index (χ1n) is 6.95. The van der Waals surface area contributed by atoms with E-state index in [-0.39, 0.29) is 0 Å². The summed E-state index contributed by atoms with van der Waals surface area (Å²) in [5.74, 6) is 1.00. The lowest BCUT2D eigenvalue weighted by Gasteiger charge is -2.07. The first-order chi connectivity index (χ1) is 10.7. The summed E-state index contributed by atoms with van der Waals surface area (Å²) in [6.07, 6.45) is 4.50. The van der Waals surface area contributed by atoms with Crippen molar-refractivity contribution in [3.63, 3.8) is 0 Å². The van der Waals surface area contributed by atoms with Crippen LogP contribution in [0.2, 0.25) is 10.0 Å². The number of anilines is 1. The third kappa shape index (κ3) is 2.25. The van der Waals surface area contributed by atoms with Crippen molar-refractivity contribution >= 4 is 29.0 Å². The maximum absolute atomic E-state index is 6.12. The lowest BCUT2D eigenvalue weighted by atomic mass is 10.1. The summed E-state index contributed by atoms with van der Waals surface area (Å²) < 4.78 is 1.87. The molecule has 0 bridgehead atoms. The lowest BCUT2D eigenvalue weighted by molar-refractivity contribution is 0.882. The third-order valence-electron chi connectivity index (χ3n) is 3.70. The highest BCUT2D eigenvalue weighted by Crippen LogP contribution is 2.35. The Labute approximate surface area is 137 Å². The standard InChI is InChI=1S/C16H12Cl2N4/c17-11-7-12(18)9-13(8-11)22-16-14(3-6-20-16)15(21-22)10-1-4-19-5-2-10/h1-2,4-5,7-9,20H,3,6H2. The van der Waals surface area contributed by atoms with Gasteiger partial charge in [-0.3, -0.25) is 4.98 Å². The fraction of sp³-hybridized carbons (Fsp3) is 0.125. The summed E-state index contributed by atoms with van der Waals surface area (Å²) in [7, 11) is 0. The second-order valence-electron chi connectivity index (χ2n) is 5.13. The van der Waals surface area contributed by atoms with Crippen LogP contribution >= 0.6 is 23.2 Å². The third-order valence-corrected chi connectivity index (χ3v) is 4.13. The maximum atomic E-state index is 6.12. The van der Waals surface area contributed by atoms with Crippen LogP contribution in [-0.4, -0.2) is 21.3 Å². The smallest absolute Gasteiger partial charge is 0.133 e. The van der Waals surface area contributed by atoms with Crippen LogP contribution in [0, 0.1) is 0 Å². The normalized spacial score (nSPS) is 13.0. The number of fused-ring (bicyclic) bond motifs is 1. The van der Waals surface area contributed by atoms with E-state index in [2.05, 4.69) is 10.3 Å². The number of benzene rings is 1. The molecule has 22 heavy (non-hydrogen) atoms. The molecule has 1 aliphatic heterocycles. The van der Waals surface area contributed by atoms with Crippen LogP contribution in [0.25, 0.3) is 16.9 Å². The topological polar surface area (TPSA) is 42.7 Å². The van der Waals surface area contributed by atoms with E-state index in [0.717, 1.165) is 35.7 Å². The van der Waals surface area contributed by atoms with E-state index in [9.17, 15) is 0 Å². The molecule has 0 unspecified atom stereocenters. The van der Waals surface area contributed by atoms with Crippen LogP contribution in [0.1, 0.15) is 5.56 Å². The number of halogens is 2. The van der Waals surface area contributed by atoms with Crippen LogP contribution in [0.3, 0.4) is 0 Å². The first-order valence-corrected chi connectivity index (χ1v) is 7.70. The van der Waals surface area contributed by atoms with Crippen molar-refractivity contribution in [2.45, 2.75) is 6.42 Å². The van der Waals surface area contributed by atoms with E-state index >= 15 is 0 Å². The Kier molecular flexibility index (Phi) is 3.28. The molecule has 0 atom stereocenters. The minimum Gasteiger partial charge on any atom is -0.369 e. The number of nitrogens with zero attached hydrogens (tertiary/aromatic N) is 3. The Balaban J connectivity index is 1.91. The van der Waals surface area contributed by atoms with Crippen LogP contribution in [0.5, 0.6) is 0 Å². The van der Waals surface area contributed by atoms with Crippen molar-refractivity contribution < 1.29 is 0 Å². The lowest BCUT2D eigenvalue weighted by Crippen LogP contribution is -2.04. The molecule has 2 aromatic heterocycles. The number of pyridine rings is 1. The largest absolute Gasteiger partial charge is 0.369 e. The minimum atomic E-state index is 0.593. The summed E-state index contributed by atoms with van der Waals surface area (Å²) in [6, 6.07) is 9.37. The number of rotatable bonds is 2. The summed E-state index contributed by atoms with van der Waals surface area (Å²) in [4.78, 5) is 4.07. The van der Waals surface area contributed by atoms with Crippen molar-refractivity contribution in [1.82, 2.24) is 14.8 Å². The van der Waals surface area contributed by atoms with Crippen LogP contribution in [-0.2, 0) is 6.42 Å². The van der Waals surface area contributed by atoms with Gasteiger partial charge in [-0.2, -0.15) is 5.10 Å². The summed E-state index contributed by atoms with van der Waals surface area (Å²) in [5, 5.41) is 9.34. The molecule has 0 amide bonds. The molecular formula is C16H12Cl2N4. The summed E-state index contributed by atoms with van der Waals surface area (Å²) in [5.41, 5.74) is 4.09. The number of hydrogen-bond donors (Lipinski definition) is 1. The fourth-order valence-electron chi connectivity index (χ4n) is 2.76. The maximum Gasteiger partial charge on any atom is 0.133 e. The van der Waals surface area contributed by atoms with E-state index in [1.165, 1.54) is 5.56 Å². The van der Waals surface area contributed by atoms with Crippen molar-refractivity contribution in [2.75, 3.05) is 11.9 Å². The highest BCUT2D eigenvalue weighted by molar-refractivity contribution is 6.34. The fourth-order valence-corrected chi connectivity index (χ4v) is 3.28. The monoisotopic (exact) mass is 330 g/mol. The van der Waals surface area contributed by atoms with Gasteiger partial charge in [0.15, 0.2) is 0 Å². The van der Waals surface area contributed by atoms with Gasteiger partial charge >= 0.3 is 0 Å².